The number of carbonyl (C=O) groups excluding carboxylic acids is 2. The van der Waals surface area contributed by atoms with Gasteiger partial charge in [0.15, 0.2) is 6.10 Å². The highest BCUT2D eigenvalue weighted by molar-refractivity contribution is 9.10. The van der Waals surface area contributed by atoms with E-state index in [1.165, 1.54) is 0 Å². The van der Waals surface area contributed by atoms with Crippen molar-refractivity contribution >= 4 is 33.4 Å². The van der Waals surface area contributed by atoms with Gasteiger partial charge < -0.3 is 15.4 Å². The van der Waals surface area contributed by atoms with E-state index in [2.05, 4.69) is 26.6 Å². The number of hydrogen-bond donors (Lipinski definition) is 2. The molecule has 0 aliphatic heterocycles. The first-order valence-corrected chi connectivity index (χ1v) is 9.36. The number of aryl methyl sites for hydroxylation is 1. The predicted molar refractivity (Wildman–Crippen MR) is 105 cm³/mol. The molecule has 2 aromatic rings. The first kappa shape index (κ1) is 18.5. The van der Waals surface area contributed by atoms with Crippen LogP contribution in [-0.2, 0) is 4.79 Å². The Morgan fingerprint density at radius 3 is 2.46 bits per heavy atom. The van der Waals surface area contributed by atoms with Gasteiger partial charge in [-0.3, -0.25) is 9.59 Å². The van der Waals surface area contributed by atoms with Crippen molar-refractivity contribution in [1.82, 2.24) is 5.32 Å². The zero-order valence-electron chi connectivity index (χ0n) is 14.7. The van der Waals surface area contributed by atoms with Crippen LogP contribution in [0.5, 0.6) is 5.75 Å². The summed E-state index contributed by atoms with van der Waals surface area (Å²) < 4.78 is 6.53. The van der Waals surface area contributed by atoms with Crippen LogP contribution in [0.1, 0.15) is 35.7 Å². The molecule has 1 saturated carbocycles. The zero-order chi connectivity index (χ0) is 18.7. The molecule has 0 spiro atoms. The molecule has 3 rings (SSSR count). The maximum absolute atomic E-state index is 12.3. The van der Waals surface area contributed by atoms with E-state index >= 15 is 0 Å². The molecule has 1 aliphatic carbocycles. The maximum Gasteiger partial charge on any atom is 0.265 e. The molecule has 26 heavy (non-hydrogen) atoms. The Balaban J connectivity index is 1.57. The van der Waals surface area contributed by atoms with Crippen molar-refractivity contribution in [2.24, 2.45) is 0 Å². The van der Waals surface area contributed by atoms with Gasteiger partial charge in [0, 0.05) is 17.3 Å². The lowest BCUT2D eigenvalue weighted by Gasteiger charge is -2.16. The van der Waals surface area contributed by atoms with Gasteiger partial charge in [-0.15, -0.1) is 0 Å². The minimum Gasteiger partial charge on any atom is -0.480 e. The topological polar surface area (TPSA) is 67.4 Å². The van der Waals surface area contributed by atoms with Crippen LogP contribution >= 0.6 is 15.9 Å². The Hall–Kier alpha value is -2.34. The second kappa shape index (κ2) is 7.91. The van der Waals surface area contributed by atoms with Crippen molar-refractivity contribution in [2.45, 2.75) is 38.8 Å². The lowest BCUT2D eigenvalue weighted by Crippen LogP contribution is -2.30. The number of amides is 2. The summed E-state index contributed by atoms with van der Waals surface area (Å²) in [7, 11) is 0. The van der Waals surface area contributed by atoms with Crippen LogP contribution in [0.3, 0.4) is 0 Å². The van der Waals surface area contributed by atoms with Crippen LogP contribution < -0.4 is 15.4 Å². The fraction of sp³-hybridized carbons (Fsp3) is 0.300. The molecule has 0 bridgehead atoms. The molecule has 0 aromatic heterocycles. The smallest absolute Gasteiger partial charge is 0.265 e. The Kier molecular flexibility index (Phi) is 5.61. The summed E-state index contributed by atoms with van der Waals surface area (Å²) in [5, 5.41) is 5.74. The summed E-state index contributed by atoms with van der Waals surface area (Å²) in [5.74, 6) is 0.282. The SMILES string of the molecule is Cc1ccc(OC(C)C(=O)Nc2ccc(C(=O)NC3CC3)cc2)c(Br)c1. The number of anilines is 1. The van der Waals surface area contributed by atoms with E-state index in [9.17, 15) is 9.59 Å². The third kappa shape index (κ3) is 4.85. The summed E-state index contributed by atoms with van der Waals surface area (Å²) >= 11 is 3.44. The fourth-order valence-electron chi connectivity index (χ4n) is 2.39. The second-order valence-corrected chi connectivity index (χ2v) is 7.36. The van der Waals surface area contributed by atoms with Crippen LogP contribution in [0.15, 0.2) is 46.9 Å². The molecule has 1 fully saturated rings. The highest BCUT2D eigenvalue weighted by atomic mass is 79.9. The molecule has 1 unspecified atom stereocenters. The molecule has 2 amide bonds. The van der Waals surface area contributed by atoms with E-state index in [4.69, 9.17) is 4.74 Å². The van der Waals surface area contributed by atoms with Crippen molar-refractivity contribution < 1.29 is 14.3 Å². The van der Waals surface area contributed by atoms with E-state index in [0.29, 0.717) is 23.0 Å². The molecule has 2 N–H and O–H groups in total. The zero-order valence-corrected chi connectivity index (χ0v) is 16.3. The standard InChI is InChI=1S/C20H21BrN2O3/c1-12-3-10-18(17(21)11-12)26-13(2)19(24)22-15-6-4-14(5-7-15)20(25)23-16-8-9-16/h3-7,10-11,13,16H,8-9H2,1-2H3,(H,22,24)(H,23,25). The van der Waals surface area contributed by atoms with E-state index in [0.717, 1.165) is 22.9 Å². The van der Waals surface area contributed by atoms with Crippen LogP contribution in [0, 0.1) is 6.92 Å². The number of rotatable bonds is 6. The largest absolute Gasteiger partial charge is 0.480 e. The van der Waals surface area contributed by atoms with Gasteiger partial charge in [-0.2, -0.15) is 0 Å². The maximum atomic E-state index is 12.3. The predicted octanol–water partition coefficient (Wildman–Crippen LogP) is 4.06. The van der Waals surface area contributed by atoms with Gasteiger partial charge in [-0.05, 0) is 84.6 Å². The van der Waals surface area contributed by atoms with E-state index in [1.54, 1.807) is 31.2 Å². The summed E-state index contributed by atoms with van der Waals surface area (Å²) in [6.07, 6.45) is 1.44. The summed E-state index contributed by atoms with van der Waals surface area (Å²) in [4.78, 5) is 24.3. The number of nitrogens with one attached hydrogen (secondary N) is 2. The third-order valence-electron chi connectivity index (χ3n) is 4.09. The molecular weight excluding hydrogens is 396 g/mol. The molecule has 1 aliphatic rings. The Morgan fingerprint density at radius 1 is 1.15 bits per heavy atom. The van der Waals surface area contributed by atoms with Gasteiger partial charge >= 0.3 is 0 Å². The first-order valence-electron chi connectivity index (χ1n) is 8.57. The molecule has 6 heteroatoms. The Bertz CT molecular complexity index is 816. The van der Waals surface area contributed by atoms with Crippen LogP contribution in [0.4, 0.5) is 5.69 Å². The number of ether oxygens (including phenoxy) is 1. The van der Waals surface area contributed by atoms with Crippen molar-refractivity contribution in [3.8, 4) is 5.75 Å². The molecule has 0 radical (unpaired) electrons. The molecule has 0 heterocycles. The number of hydrogen-bond acceptors (Lipinski definition) is 3. The average Bonchev–Trinajstić information content (AvgIpc) is 3.41. The van der Waals surface area contributed by atoms with Gasteiger partial charge in [-0.25, -0.2) is 0 Å². The summed E-state index contributed by atoms with van der Waals surface area (Å²) in [5.41, 5.74) is 2.31. The first-order chi connectivity index (χ1) is 12.4. The fourth-order valence-corrected chi connectivity index (χ4v) is 2.98. The number of benzene rings is 2. The lowest BCUT2D eigenvalue weighted by molar-refractivity contribution is -0.122. The van der Waals surface area contributed by atoms with Gasteiger partial charge in [0.05, 0.1) is 4.47 Å². The third-order valence-corrected chi connectivity index (χ3v) is 4.71. The molecule has 0 saturated heterocycles. The van der Waals surface area contributed by atoms with E-state index in [1.807, 2.05) is 25.1 Å². The number of halogens is 1. The van der Waals surface area contributed by atoms with Crippen LogP contribution in [-0.4, -0.2) is 24.0 Å². The highest BCUT2D eigenvalue weighted by Gasteiger charge is 2.23. The van der Waals surface area contributed by atoms with Crippen molar-refractivity contribution in [1.29, 1.82) is 0 Å². The van der Waals surface area contributed by atoms with Gasteiger partial charge in [0.25, 0.3) is 11.8 Å². The molecule has 5 nitrogen and oxygen atoms in total. The minimum atomic E-state index is -0.660. The number of carbonyl (C=O) groups is 2. The van der Waals surface area contributed by atoms with Crippen molar-refractivity contribution in [2.75, 3.05) is 5.32 Å². The van der Waals surface area contributed by atoms with Crippen LogP contribution in [0.2, 0.25) is 0 Å². The quantitative estimate of drug-likeness (QED) is 0.745. The minimum absolute atomic E-state index is 0.0775. The molecule has 2 aromatic carbocycles. The molecule has 136 valence electrons. The van der Waals surface area contributed by atoms with Crippen molar-refractivity contribution in [3.05, 3.63) is 58.1 Å². The Morgan fingerprint density at radius 2 is 1.85 bits per heavy atom. The normalized spacial score (nSPS) is 14.4. The van der Waals surface area contributed by atoms with Crippen LogP contribution in [0.25, 0.3) is 0 Å². The van der Waals surface area contributed by atoms with Gasteiger partial charge in [-0.1, -0.05) is 6.07 Å². The molecular formula is C20H21BrN2O3. The van der Waals surface area contributed by atoms with Crippen molar-refractivity contribution in [3.63, 3.8) is 0 Å². The van der Waals surface area contributed by atoms with Gasteiger partial charge in [0.2, 0.25) is 0 Å². The van der Waals surface area contributed by atoms with E-state index in [-0.39, 0.29) is 11.8 Å². The lowest BCUT2D eigenvalue weighted by atomic mass is 10.2. The average molecular weight is 417 g/mol. The second-order valence-electron chi connectivity index (χ2n) is 6.51. The molecule has 1 atom stereocenters. The summed E-state index contributed by atoms with van der Waals surface area (Å²) in [6.45, 7) is 3.68. The monoisotopic (exact) mass is 416 g/mol. The summed E-state index contributed by atoms with van der Waals surface area (Å²) in [6, 6.07) is 12.9. The highest BCUT2D eigenvalue weighted by Crippen LogP contribution is 2.27. The van der Waals surface area contributed by atoms with E-state index < -0.39 is 6.10 Å². The van der Waals surface area contributed by atoms with Gasteiger partial charge in [0.1, 0.15) is 5.75 Å². The Labute approximate surface area is 161 Å².